The van der Waals surface area contributed by atoms with Crippen molar-refractivity contribution in [2.45, 2.75) is 43.7 Å². The van der Waals surface area contributed by atoms with Gasteiger partial charge in [0, 0.05) is 12.5 Å². The Morgan fingerprint density at radius 1 is 1.45 bits per heavy atom. The molecule has 0 aromatic carbocycles. The van der Waals surface area contributed by atoms with Gasteiger partial charge in [-0.15, -0.1) is 5.10 Å². The summed E-state index contributed by atoms with van der Waals surface area (Å²) < 4.78 is 4.65. The molecule has 0 saturated heterocycles. The third kappa shape index (κ3) is 4.33. The summed E-state index contributed by atoms with van der Waals surface area (Å²) in [5.74, 6) is 2.25. The maximum Gasteiger partial charge on any atom is 0.236 e. The Balaban J connectivity index is 1.40. The fourth-order valence-corrected chi connectivity index (χ4v) is 3.30. The highest BCUT2D eigenvalue weighted by molar-refractivity contribution is 7.99. The molecule has 2 heterocycles. The van der Waals surface area contributed by atoms with Crippen LogP contribution in [0.3, 0.4) is 0 Å². The van der Waals surface area contributed by atoms with E-state index >= 15 is 0 Å². The van der Waals surface area contributed by atoms with Crippen LogP contribution in [-0.4, -0.2) is 32.0 Å². The summed E-state index contributed by atoms with van der Waals surface area (Å²) in [5, 5.41) is 14.0. The number of aromatic nitrogens is 4. The number of aryl methyl sites for hydroxylation is 1. The van der Waals surface area contributed by atoms with Crippen molar-refractivity contribution in [1.29, 1.82) is 0 Å². The lowest BCUT2D eigenvalue weighted by Crippen LogP contribution is -2.14. The third-order valence-corrected chi connectivity index (χ3v) is 4.66. The molecule has 1 fully saturated rings. The molecule has 7 nitrogen and oxygen atoms in total. The van der Waals surface area contributed by atoms with Gasteiger partial charge in [0.2, 0.25) is 11.1 Å². The summed E-state index contributed by atoms with van der Waals surface area (Å²) in [6.45, 7) is 0. The molecule has 0 radical (unpaired) electrons. The average molecular weight is 321 g/mol. The van der Waals surface area contributed by atoms with E-state index in [2.05, 4.69) is 30.2 Å². The van der Waals surface area contributed by atoms with Crippen LogP contribution in [0.25, 0.3) is 0 Å². The normalized spacial score (nSPS) is 15.3. The average Bonchev–Trinajstić information content (AvgIpc) is 3.25. The molecule has 1 amide bonds. The first kappa shape index (κ1) is 15.1. The van der Waals surface area contributed by atoms with Gasteiger partial charge in [0.25, 0.3) is 0 Å². The number of anilines is 1. The summed E-state index contributed by atoms with van der Waals surface area (Å²) >= 11 is 1.31. The number of aromatic amines is 1. The molecule has 118 valence electrons. The van der Waals surface area contributed by atoms with Crippen LogP contribution in [0.15, 0.2) is 22.0 Å². The van der Waals surface area contributed by atoms with Crippen LogP contribution in [0.4, 0.5) is 5.82 Å². The van der Waals surface area contributed by atoms with E-state index in [0.717, 1.165) is 18.2 Å². The zero-order valence-corrected chi connectivity index (χ0v) is 13.1. The molecule has 1 aliphatic carbocycles. The molecule has 3 rings (SSSR count). The molecule has 8 heteroatoms. The van der Waals surface area contributed by atoms with E-state index in [4.69, 9.17) is 0 Å². The topological polar surface area (TPSA) is 96.7 Å². The molecule has 22 heavy (non-hydrogen) atoms. The number of thioether (sulfide) groups is 1. The van der Waals surface area contributed by atoms with Gasteiger partial charge < -0.3 is 9.84 Å². The molecule has 1 saturated carbocycles. The van der Waals surface area contributed by atoms with Crippen LogP contribution in [0.1, 0.15) is 37.9 Å². The second kappa shape index (κ2) is 7.44. The minimum atomic E-state index is -0.156. The molecule has 0 spiro atoms. The van der Waals surface area contributed by atoms with E-state index in [-0.39, 0.29) is 11.7 Å². The summed E-state index contributed by atoms with van der Waals surface area (Å²) in [6.07, 6.45) is 8.94. The van der Waals surface area contributed by atoms with Crippen molar-refractivity contribution in [3.63, 3.8) is 0 Å². The smallest absolute Gasteiger partial charge is 0.236 e. The van der Waals surface area contributed by atoms with E-state index in [1.807, 2.05) is 0 Å². The Bertz CT molecular complexity index is 592. The van der Waals surface area contributed by atoms with Gasteiger partial charge in [-0.3, -0.25) is 9.89 Å². The molecular formula is C14H19N5O2S. The minimum Gasteiger partial charge on any atom is -0.363 e. The molecular weight excluding hydrogens is 302 g/mol. The number of carbonyl (C=O) groups is 1. The first-order valence-electron chi connectivity index (χ1n) is 7.54. The molecule has 0 aliphatic heterocycles. The Labute approximate surface area is 132 Å². The third-order valence-electron chi connectivity index (χ3n) is 3.81. The quantitative estimate of drug-likeness (QED) is 0.761. The van der Waals surface area contributed by atoms with E-state index in [9.17, 15) is 4.79 Å². The Kier molecular flexibility index (Phi) is 5.10. The van der Waals surface area contributed by atoms with E-state index in [1.165, 1.54) is 50.1 Å². The van der Waals surface area contributed by atoms with Gasteiger partial charge in [-0.2, -0.15) is 0 Å². The number of nitrogens with one attached hydrogen (secondary N) is 2. The SMILES string of the molecule is O=C(CSc1n[nH]c(CCC2CCCC2)n1)Nc1ccon1. The Morgan fingerprint density at radius 2 is 2.32 bits per heavy atom. The number of amides is 1. The van der Waals surface area contributed by atoms with Crippen LogP contribution in [0, 0.1) is 5.92 Å². The second-order valence-corrected chi connectivity index (χ2v) is 6.42. The highest BCUT2D eigenvalue weighted by atomic mass is 32.2. The van der Waals surface area contributed by atoms with Crippen molar-refractivity contribution < 1.29 is 9.32 Å². The van der Waals surface area contributed by atoms with E-state index < -0.39 is 0 Å². The van der Waals surface area contributed by atoms with Crippen molar-refractivity contribution >= 4 is 23.5 Å². The minimum absolute atomic E-state index is 0.156. The standard InChI is InChI=1S/C14H19N5O2S/c20-13(15-12-7-8-21-19-12)9-22-14-16-11(17-18-14)6-5-10-3-1-2-4-10/h7-8,10H,1-6,9H2,(H,15,19,20)(H,16,17,18). The number of hydrogen-bond acceptors (Lipinski definition) is 6. The zero-order valence-electron chi connectivity index (χ0n) is 12.2. The molecule has 0 unspecified atom stereocenters. The number of rotatable bonds is 7. The van der Waals surface area contributed by atoms with Gasteiger partial charge in [0.1, 0.15) is 12.1 Å². The van der Waals surface area contributed by atoms with Crippen LogP contribution in [-0.2, 0) is 11.2 Å². The first-order chi connectivity index (χ1) is 10.8. The molecule has 2 aromatic heterocycles. The molecule has 2 aromatic rings. The largest absolute Gasteiger partial charge is 0.363 e. The van der Waals surface area contributed by atoms with Gasteiger partial charge in [-0.25, -0.2) is 4.98 Å². The monoisotopic (exact) mass is 321 g/mol. The number of nitrogens with zero attached hydrogens (tertiary/aromatic N) is 3. The fourth-order valence-electron chi connectivity index (χ4n) is 2.68. The van der Waals surface area contributed by atoms with Gasteiger partial charge in [0.05, 0.1) is 5.75 Å². The predicted octanol–water partition coefficient (Wildman–Crippen LogP) is 2.65. The number of H-pyrrole nitrogens is 1. The summed E-state index contributed by atoms with van der Waals surface area (Å²) in [7, 11) is 0. The Hall–Kier alpha value is -1.83. The molecule has 1 aliphatic rings. The fraction of sp³-hybridized carbons (Fsp3) is 0.571. The van der Waals surface area contributed by atoms with Gasteiger partial charge in [-0.05, 0) is 12.3 Å². The van der Waals surface area contributed by atoms with Crippen molar-refractivity contribution in [3.05, 3.63) is 18.2 Å². The van der Waals surface area contributed by atoms with E-state index in [0.29, 0.717) is 11.0 Å². The maximum atomic E-state index is 11.7. The number of hydrogen-bond donors (Lipinski definition) is 2. The zero-order chi connectivity index (χ0) is 15.2. The number of carbonyl (C=O) groups excluding carboxylic acids is 1. The summed E-state index contributed by atoms with van der Waals surface area (Å²) in [6, 6.07) is 1.59. The molecule has 0 atom stereocenters. The van der Waals surface area contributed by atoms with Gasteiger partial charge >= 0.3 is 0 Å². The lowest BCUT2D eigenvalue weighted by atomic mass is 10.0. The van der Waals surface area contributed by atoms with Crippen molar-refractivity contribution in [3.8, 4) is 0 Å². The summed E-state index contributed by atoms with van der Waals surface area (Å²) in [4.78, 5) is 16.1. The van der Waals surface area contributed by atoms with Gasteiger partial charge in [-0.1, -0.05) is 42.6 Å². The predicted molar refractivity (Wildman–Crippen MR) is 82.5 cm³/mol. The highest BCUT2D eigenvalue weighted by Crippen LogP contribution is 2.28. The molecule has 2 N–H and O–H groups in total. The second-order valence-electron chi connectivity index (χ2n) is 5.48. The highest BCUT2D eigenvalue weighted by Gasteiger charge is 2.16. The van der Waals surface area contributed by atoms with E-state index in [1.54, 1.807) is 6.07 Å². The molecule has 0 bridgehead atoms. The Morgan fingerprint density at radius 3 is 3.09 bits per heavy atom. The lowest BCUT2D eigenvalue weighted by molar-refractivity contribution is -0.113. The lowest BCUT2D eigenvalue weighted by Gasteiger charge is -2.05. The van der Waals surface area contributed by atoms with Crippen LogP contribution < -0.4 is 5.32 Å². The van der Waals surface area contributed by atoms with Crippen molar-refractivity contribution in [2.75, 3.05) is 11.1 Å². The first-order valence-corrected chi connectivity index (χ1v) is 8.52. The van der Waals surface area contributed by atoms with Crippen LogP contribution >= 0.6 is 11.8 Å². The van der Waals surface area contributed by atoms with Crippen molar-refractivity contribution in [1.82, 2.24) is 20.3 Å². The van der Waals surface area contributed by atoms with Crippen LogP contribution in [0.5, 0.6) is 0 Å². The van der Waals surface area contributed by atoms with Crippen LogP contribution in [0.2, 0.25) is 0 Å². The maximum absolute atomic E-state index is 11.7. The summed E-state index contributed by atoms with van der Waals surface area (Å²) in [5.41, 5.74) is 0. The van der Waals surface area contributed by atoms with Crippen molar-refractivity contribution in [2.24, 2.45) is 5.92 Å². The van der Waals surface area contributed by atoms with Gasteiger partial charge in [0.15, 0.2) is 5.82 Å².